The predicted octanol–water partition coefficient (Wildman–Crippen LogP) is 13.8. The highest BCUT2D eigenvalue weighted by Crippen LogP contribution is 2.51. The van der Waals surface area contributed by atoms with Crippen molar-refractivity contribution in [2.24, 2.45) is 0 Å². The second-order valence-corrected chi connectivity index (χ2v) is 15.0. The molecule has 1 aromatic heterocycles. The van der Waals surface area contributed by atoms with E-state index in [4.69, 9.17) is 0 Å². The predicted molar refractivity (Wildman–Crippen MR) is 212 cm³/mol. The van der Waals surface area contributed by atoms with E-state index in [-0.39, 0.29) is 5.41 Å². The van der Waals surface area contributed by atoms with Crippen LogP contribution in [0.15, 0.2) is 152 Å². The van der Waals surface area contributed by atoms with Gasteiger partial charge >= 0.3 is 0 Å². The summed E-state index contributed by atoms with van der Waals surface area (Å²) in [6, 6.07) is 56.2. The first-order valence-corrected chi connectivity index (χ1v) is 17.9. The molecule has 8 aromatic rings. The van der Waals surface area contributed by atoms with Gasteiger partial charge in [-0.15, -0.1) is 11.3 Å². The first-order chi connectivity index (χ1) is 23.9. The second kappa shape index (κ2) is 11.3. The zero-order valence-electron chi connectivity index (χ0n) is 28.3. The number of aryl methyl sites for hydroxylation is 2. The summed E-state index contributed by atoms with van der Waals surface area (Å²) in [4.78, 5) is 2.41. The van der Waals surface area contributed by atoms with Crippen molar-refractivity contribution >= 4 is 48.6 Å². The molecule has 0 bridgehead atoms. The lowest BCUT2D eigenvalue weighted by Crippen LogP contribution is -2.15. The van der Waals surface area contributed by atoms with Crippen molar-refractivity contribution in [3.05, 3.63) is 174 Å². The quantitative estimate of drug-likeness (QED) is 0.180. The van der Waals surface area contributed by atoms with Crippen LogP contribution in [0, 0.1) is 13.8 Å². The fourth-order valence-corrected chi connectivity index (χ4v) is 9.04. The van der Waals surface area contributed by atoms with Crippen LogP contribution in [0.5, 0.6) is 0 Å². The van der Waals surface area contributed by atoms with Crippen LogP contribution in [0.3, 0.4) is 0 Å². The molecular formula is C47H37NS. The molecule has 1 nitrogen and oxygen atoms in total. The van der Waals surface area contributed by atoms with Crippen molar-refractivity contribution in [2.45, 2.75) is 33.1 Å². The van der Waals surface area contributed by atoms with Crippen LogP contribution in [0.1, 0.15) is 36.1 Å². The summed E-state index contributed by atoms with van der Waals surface area (Å²) >= 11 is 1.87. The zero-order valence-corrected chi connectivity index (χ0v) is 29.1. The fourth-order valence-electron chi connectivity index (χ4n) is 7.98. The monoisotopic (exact) mass is 647 g/mol. The van der Waals surface area contributed by atoms with Crippen LogP contribution in [-0.2, 0) is 5.41 Å². The number of nitrogens with zero attached hydrogens (tertiary/aromatic N) is 1. The van der Waals surface area contributed by atoms with Crippen LogP contribution in [-0.4, -0.2) is 0 Å². The summed E-state index contributed by atoms with van der Waals surface area (Å²) in [7, 11) is 0. The van der Waals surface area contributed by atoms with Crippen molar-refractivity contribution in [1.82, 2.24) is 0 Å². The number of fused-ring (bicyclic) bond motifs is 6. The number of hydrogen-bond acceptors (Lipinski definition) is 2. The third-order valence-electron chi connectivity index (χ3n) is 10.5. The number of anilines is 3. The summed E-state index contributed by atoms with van der Waals surface area (Å²) in [6.45, 7) is 9.11. The minimum Gasteiger partial charge on any atom is -0.310 e. The van der Waals surface area contributed by atoms with Crippen LogP contribution >= 0.6 is 11.3 Å². The maximum atomic E-state index is 2.41. The maximum Gasteiger partial charge on any atom is 0.0468 e. The molecule has 49 heavy (non-hydrogen) atoms. The Labute approximate surface area is 292 Å². The van der Waals surface area contributed by atoms with E-state index in [9.17, 15) is 0 Å². The fraction of sp³-hybridized carbons (Fsp3) is 0.106. The molecule has 0 N–H and O–H groups in total. The Kier molecular flexibility index (Phi) is 6.86. The second-order valence-electron chi connectivity index (χ2n) is 13.9. The Hall–Kier alpha value is -5.44. The van der Waals surface area contributed by atoms with E-state index < -0.39 is 0 Å². The number of hydrogen-bond donors (Lipinski definition) is 0. The Balaban J connectivity index is 1.16. The topological polar surface area (TPSA) is 3.24 Å². The molecule has 1 aliphatic carbocycles. The van der Waals surface area contributed by atoms with Crippen molar-refractivity contribution in [3.63, 3.8) is 0 Å². The van der Waals surface area contributed by atoms with Gasteiger partial charge in [-0.25, -0.2) is 0 Å². The smallest absolute Gasteiger partial charge is 0.0468 e. The number of benzene rings is 7. The van der Waals surface area contributed by atoms with Crippen molar-refractivity contribution in [3.8, 4) is 33.4 Å². The molecule has 0 saturated heterocycles. The van der Waals surface area contributed by atoms with Gasteiger partial charge in [0.1, 0.15) is 0 Å². The molecule has 0 radical (unpaired) electrons. The Morgan fingerprint density at radius 3 is 1.82 bits per heavy atom. The average Bonchev–Trinajstić information content (AvgIpc) is 3.60. The van der Waals surface area contributed by atoms with Gasteiger partial charge in [0.15, 0.2) is 0 Å². The summed E-state index contributed by atoms with van der Waals surface area (Å²) in [5.41, 5.74) is 16.6. The van der Waals surface area contributed by atoms with Gasteiger partial charge < -0.3 is 4.90 Å². The van der Waals surface area contributed by atoms with Crippen LogP contribution < -0.4 is 4.90 Å². The molecule has 0 fully saturated rings. The van der Waals surface area contributed by atoms with E-state index in [1.807, 2.05) is 11.3 Å². The van der Waals surface area contributed by atoms with Crippen LogP contribution in [0.4, 0.5) is 17.1 Å². The van der Waals surface area contributed by atoms with Crippen LogP contribution in [0.2, 0.25) is 0 Å². The zero-order chi connectivity index (χ0) is 33.3. The lowest BCUT2D eigenvalue weighted by molar-refractivity contribution is 0.660. The largest absolute Gasteiger partial charge is 0.310 e. The normalized spacial score (nSPS) is 13.1. The highest BCUT2D eigenvalue weighted by Gasteiger charge is 2.35. The molecule has 7 aromatic carbocycles. The molecule has 0 atom stereocenters. The minimum atomic E-state index is -0.0202. The molecule has 2 heteroatoms. The SMILES string of the molecule is Cc1ccccc1-c1ccc(-c2ccc3sc4ccc(N(c5ccccc5)c5ccc6c(c5)-c5ccccc5C6(C)C)cc4c3c2)cc1C. The maximum absolute atomic E-state index is 2.41. The molecule has 0 saturated carbocycles. The first-order valence-electron chi connectivity index (χ1n) is 17.1. The molecule has 1 aliphatic rings. The molecule has 0 unspecified atom stereocenters. The number of thiophene rings is 1. The number of para-hydroxylation sites is 1. The highest BCUT2D eigenvalue weighted by atomic mass is 32.1. The van der Waals surface area contributed by atoms with E-state index in [0.717, 1.165) is 11.4 Å². The van der Waals surface area contributed by atoms with Crippen molar-refractivity contribution in [2.75, 3.05) is 4.90 Å². The highest BCUT2D eigenvalue weighted by molar-refractivity contribution is 7.25. The van der Waals surface area contributed by atoms with E-state index in [2.05, 4.69) is 184 Å². The standard InChI is InChI=1S/C47H37NS/c1-30-12-8-9-15-37(30)38-22-18-32(26-31(38)2)33-19-24-45-41(27-33)42-29-36(21-25-46(42)49-45)48(34-13-6-5-7-14-34)35-20-23-44-40(28-35)39-16-10-11-17-43(39)47(44,3)4/h5-29H,1-4H3. The minimum absolute atomic E-state index is 0.0202. The molecule has 0 amide bonds. The van der Waals surface area contributed by atoms with Gasteiger partial charge in [-0.05, 0) is 124 Å². The Morgan fingerprint density at radius 1 is 0.429 bits per heavy atom. The van der Waals surface area contributed by atoms with Gasteiger partial charge in [-0.2, -0.15) is 0 Å². The summed E-state index contributed by atoms with van der Waals surface area (Å²) in [6.07, 6.45) is 0. The van der Waals surface area contributed by atoms with Crippen LogP contribution in [0.25, 0.3) is 53.6 Å². The number of rotatable bonds is 5. The molecule has 0 aliphatic heterocycles. The average molecular weight is 648 g/mol. The van der Waals surface area contributed by atoms with Crippen molar-refractivity contribution in [1.29, 1.82) is 0 Å². The summed E-state index contributed by atoms with van der Waals surface area (Å²) < 4.78 is 2.62. The van der Waals surface area contributed by atoms with E-state index in [1.165, 1.54) is 81.5 Å². The Morgan fingerprint density at radius 2 is 1.02 bits per heavy atom. The van der Waals surface area contributed by atoms with E-state index in [1.54, 1.807) is 0 Å². The molecule has 1 heterocycles. The Bertz CT molecular complexity index is 2550. The van der Waals surface area contributed by atoms with E-state index >= 15 is 0 Å². The lowest BCUT2D eigenvalue weighted by Gasteiger charge is -2.27. The molecule has 236 valence electrons. The molecule has 9 rings (SSSR count). The van der Waals surface area contributed by atoms with Gasteiger partial charge in [0.05, 0.1) is 0 Å². The molecular weight excluding hydrogens is 611 g/mol. The van der Waals surface area contributed by atoms with E-state index in [0.29, 0.717) is 0 Å². The third kappa shape index (κ3) is 4.82. The van der Waals surface area contributed by atoms with Gasteiger partial charge in [-0.3, -0.25) is 0 Å². The first kappa shape index (κ1) is 29.7. The lowest BCUT2D eigenvalue weighted by atomic mass is 9.82. The van der Waals surface area contributed by atoms with Crippen molar-refractivity contribution < 1.29 is 0 Å². The summed E-state index contributed by atoms with van der Waals surface area (Å²) in [5.74, 6) is 0. The van der Waals surface area contributed by atoms with Gasteiger partial charge in [0.2, 0.25) is 0 Å². The summed E-state index contributed by atoms with van der Waals surface area (Å²) in [5, 5.41) is 2.60. The van der Waals surface area contributed by atoms with Gasteiger partial charge in [0.25, 0.3) is 0 Å². The van der Waals surface area contributed by atoms with Gasteiger partial charge in [-0.1, -0.05) is 111 Å². The molecule has 0 spiro atoms. The van der Waals surface area contributed by atoms with Gasteiger partial charge in [0, 0.05) is 42.6 Å². The third-order valence-corrected chi connectivity index (χ3v) is 11.7.